The Balaban J connectivity index is 1.11. The van der Waals surface area contributed by atoms with Crippen LogP contribution in [0, 0.1) is 5.92 Å². The average molecular weight is 544 g/mol. The summed E-state index contributed by atoms with van der Waals surface area (Å²) in [7, 11) is 0. The molecule has 210 valence electrons. The molecule has 3 saturated heterocycles. The molecule has 2 amide bonds. The molecule has 3 fully saturated rings. The van der Waals surface area contributed by atoms with E-state index in [1.165, 1.54) is 12.1 Å². The van der Waals surface area contributed by atoms with E-state index in [9.17, 15) is 22.8 Å². The number of halogens is 3. The van der Waals surface area contributed by atoms with E-state index < -0.39 is 17.3 Å². The number of carbonyl (C=O) groups excluding carboxylic acids is 2. The van der Waals surface area contributed by atoms with Gasteiger partial charge >= 0.3 is 12.3 Å². The zero-order valence-electron chi connectivity index (χ0n) is 22.4. The summed E-state index contributed by atoms with van der Waals surface area (Å²) in [5, 5.41) is 0. The highest BCUT2D eigenvalue weighted by molar-refractivity contribution is 5.94. The smallest absolute Gasteiger partial charge is 0.416 e. The van der Waals surface area contributed by atoms with Gasteiger partial charge in [0.2, 0.25) is 0 Å². The van der Waals surface area contributed by atoms with Crippen molar-refractivity contribution in [2.24, 2.45) is 5.92 Å². The Labute approximate surface area is 227 Å². The van der Waals surface area contributed by atoms with Gasteiger partial charge in [-0.15, -0.1) is 0 Å². The van der Waals surface area contributed by atoms with Gasteiger partial charge in [-0.1, -0.05) is 37.6 Å². The Morgan fingerprint density at radius 3 is 2.10 bits per heavy atom. The number of nitrogens with zero attached hydrogens (tertiary/aromatic N) is 3. The van der Waals surface area contributed by atoms with Crippen LogP contribution in [-0.4, -0.2) is 65.0 Å². The van der Waals surface area contributed by atoms with Crippen molar-refractivity contribution in [2.75, 3.05) is 32.7 Å². The Bertz CT molecular complexity index is 1150. The lowest BCUT2D eigenvalue weighted by atomic mass is 9.91. The molecule has 5 rings (SSSR count). The number of hydrogen-bond donors (Lipinski definition) is 0. The summed E-state index contributed by atoms with van der Waals surface area (Å²) in [6.07, 6.45) is -0.0178. The molecule has 0 unspecified atom stereocenters. The van der Waals surface area contributed by atoms with Crippen LogP contribution in [0.1, 0.15) is 66.1 Å². The van der Waals surface area contributed by atoms with Gasteiger partial charge in [-0.3, -0.25) is 14.6 Å². The first-order chi connectivity index (χ1) is 18.6. The predicted molar refractivity (Wildman–Crippen MR) is 141 cm³/mol. The fourth-order valence-corrected chi connectivity index (χ4v) is 5.95. The van der Waals surface area contributed by atoms with Crippen LogP contribution < -0.4 is 0 Å². The van der Waals surface area contributed by atoms with Crippen LogP contribution in [0.5, 0.6) is 0 Å². The predicted octanol–water partition coefficient (Wildman–Crippen LogP) is 5.95. The minimum absolute atomic E-state index is 0.0682. The number of hydrogen-bond acceptors (Lipinski definition) is 4. The number of likely N-dealkylation sites (tertiary alicyclic amines) is 2. The van der Waals surface area contributed by atoms with Gasteiger partial charge in [0.15, 0.2) is 0 Å². The molecular weight excluding hydrogens is 507 g/mol. The molecule has 0 radical (unpaired) electrons. The molecule has 0 aromatic heterocycles. The van der Waals surface area contributed by atoms with Crippen molar-refractivity contribution in [1.29, 1.82) is 0 Å². The van der Waals surface area contributed by atoms with E-state index in [-0.39, 0.29) is 12.0 Å². The molecule has 9 heteroatoms. The zero-order valence-corrected chi connectivity index (χ0v) is 22.4. The van der Waals surface area contributed by atoms with Crippen LogP contribution >= 0.6 is 0 Å². The number of ether oxygens (including phenoxy) is 1. The summed E-state index contributed by atoms with van der Waals surface area (Å²) >= 11 is 0. The summed E-state index contributed by atoms with van der Waals surface area (Å²) in [6, 6.07) is 12.8. The largest absolute Gasteiger partial charge is 0.441 e. The van der Waals surface area contributed by atoms with Gasteiger partial charge in [0.05, 0.1) is 12.1 Å². The second-order valence-corrected chi connectivity index (χ2v) is 11.2. The van der Waals surface area contributed by atoms with E-state index in [4.69, 9.17) is 4.74 Å². The highest BCUT2D eigenvalue weighted by atomic mass is 19.4. The molecule has 0 bridgehead atoms. The maximum absolute atomic E-state index is 12.9. The quantitative estimate of drug-likeness (QED) is 0.452. The second-order valence-electron chi connectivity index (χ2n) is 11.2. The number of alkyl halides is 3. The highest BCUT2D eigenvalue weighted by Gasteiger charge is 2.46. The van der Waals surface area contributed by atoms with Gasteiger partial charge in [-0.05, 0) is 54.2 Å². The molecule has 1 spiro atoms. The molecule has 3 aliphatic heterocycles. The minimum Gasteiger partial charge on any atom is -0.441 e. The van der Waals surface area contributed by atoms with Crippen LogP contribution in [0.15, 0.2) is 48.5 Å². The van der Waals surface area contributed by atoms with E-state index in [0.717, 1.165) is 55.6 Å². The second kappa shape index (κ2) is 11.2. The van der Waals surface area contributed by atoms with Gasteiger partial charge in [0, 0.05) is 57.7 Å². The maximum atomic E-state index is 12.9. The van der Waals surface area contributed by atoms with E-state index in [1.807, 2.05) is 29.2 Å². The Hall–Kier alpha value is -3.07. The molecule has 3 heterocycles. The molecule has 0 aliphatic carbocycles. The lowest BCUT2D eigenvalue weighted by Crippen LogP contribution is -2.46. The van der Waals surface area contributed by atoms with Crippen LogP contribution in [0.4, 0.5) is 18.0 Å². The summed E-state index contributed by atoms with van der Waals surface area (Å²) in [5.74, 6) is 0.782. The van der Waals surface area contributed by atoms with Crippen LogP contribution in [0.3, 0.4) is 0 Å². The van der Waals surface area contributed by atoms with Gasteiger partial charge < -0.3 is 9.64 Å². The molecular formula is C30H36F3N3O3. The van der Waals surface area contributed by atoms with E-state index in [0.29, 0.717) is 57.0 Å². The average Bonchev–Trinajstić information content (AvgIpc) is 3.24. The first-order valence-electron chi connectivity index (χ1n) is 13.9. The minimum atomic E-state index is -4.33. The first-order valence-corrected chi connectivity index (χ1v) is 13.9. The summed E-state index contributed by atoms with van der Waals surface area (Å²) < 4.78 is 44.3. The number of benzene rings is 2. The van der Waals surface area contributed by atoms with Crippen molar-refractivity contribution in [3.63, 3.8) is 0 Å². The third kappa shape index (κ3) is 6.40. The Morgan fingerprint density at radius 2 is 1.51 bits per heavy atom. The third-order valence-electron chi connectivity index (χ3n) is 8.55. The van der Waals surface area contributed by atoms with Crippen molar-refractivity contribution in [3.05, 3.63) is 70.8 Å². The monoisotopic (exact) mass is 543 g/mol. The first kappa shape index (κ1) is 27.5. The fourth-order valence-electron chi connectivity index (χ4n) is 5.95. The molecule has 6 nitrogen and oxygen atoms in total. The van der Waals surface area contributed by atoms with Gasteiger partial charge in [0.1, 0.15) is 5.60 Å². The summed E-state index contributed by atoms with van der Waals surface area (Å²) in [5.41, 5.74) is 1.28. The van der Waals surface area contributed by atoms with E-state index in [1.54, 1.807) is 4.90 Å². The van der Waals surface area contributed by atoms with E-state index in [2.05, 4.69) is 11.8 Å². The van der Waals surface area contributed by atoms with Crippen LogP contribution in [0.2, 0.25) is 0 Å². The number of rotatable bonds is 6. The highest BCUT2D eigenvalue weighted by Crippen LogP contribution is 2.35. The van der Waals surface area contributed by atoms with Crippen LogP contribution in [0.25, 0.3) is 0 Å². The zero-order chi connectivity index (χ0) is 27.6. The molecule has 39 heavy (non-hydrogen) atoms. The Morgan fingerprint density at radius 1 is 0.923 bits per heavy atom. The lowest BCUT2D eigenvalue weighted by molar-refractivity contribution is -0.137. The summed E-state index contributed by atoms with van der Waals surface area (Å²) in [6.45, 7) is 6.72. The molecule has 3 aliphatic rings. The topological polar surface area (TPSA) is 53.1 Å². The van der Waals surface area contributed by atoms with Crippen molar-refractivity contribution in [1.82, 2.24) is 14.7 Å². The van der Waals surface area contributed by atoms with Crippen molar-refractivity contribution < 1.29 is 27.5 Å². The molecule has 0 N–H and O–H groups in total. The third-order valence-corrected chi connectivity index (χ3v) is 8.55. The van der Waals surface area contributed by atoms with Gasteiger partial charge in [-0.25, -0.2) is 4.79 Å². The Kier molecular flexibility index (Phi) is 7.89. The molecule has 2 aromatic carbocycles. The lowest BCUT2D eigenvalue weighted by Gasteiger charge is -2.37. The molecule has 2 aromatic rings. The van der Waals surface area contributed by atoms with Gasteiger partial charge in [-0.2, -0.15) is 13.2 Å². The van der Waals surface area contributed by atoms with Crippen molar-refractivity contribution >= 4 is 12.0 Å². The fraction of sp³-hybridized carbons (Fsp3) is 0.533. The molecule has 0 saturated carbocycles. The normalized spacial score (nSPS) is 20.5. The summed E-state index contributed by atoms with van der Waals surface area (Å²) in [4.78, 5) is 31.4. The number of piperidine rings is 2. The van der Waals surface area contributed by atoms with Crippen LogP contribution in [-0.2, 0) is 24.0 Å². The molecule has 0 atom stereocenters. The van der Waals surface area contributed by atoms with Crippen molar-refractivity contribution in [2.45, 2.75) is 63.9 Å². The standard InChI is InChI=1S/C30H36F3N3O3/c1-2-22-11-15-35(16-12-22)27(37)25-7-3-24(4-8-25)20-36-21-29(39-28(36)38)13-17-34(18-14-29)19-23-5-9-26(10-6-23)30(31,32)33/h3-10,22H,2,11-21H2,1H3. The maximum Gasteiger partial charge on any atom is 0.416 e. The number of amides is 2. The van der Waals surface area contributed by atoms with E-state index >= 15 is 0 Å². The van der Waals surface area contributed by atoms with Crippen molar-refractivity contribution in [3.8, 4) is 0 Å². The number of carbonyl (C=O) groups is 2. The SMILES string of the molecule is CCC1CCN(C(=O)c2ccc(CN3CC4(CCN(Cc5ccc(C(F)(F)F)cc5)CC4)OC3=O)cc2)CC1. The van der Waals surface area contributed by atoms with Gasteiger partial charge in [0.25, 0.3) is 5.91 Å².